The number of phenols is 1. The molecule has 132 valence electrons. The first-order valence-corrected chi connectivity index (χ1v) is 8.12. The maximum atomic E-state index is 10.0. The van der Waals surface area contributed by atoms with Gasteiger partial charge in [0, 0.05) is 5.56 Å². The maximum absolute atomic E-state index is 10.0. The Morgan fingerprint density at radius 2 is 1.27 bits per heavy atom. The third-order valence-electron chi connectivity index (χ3n) is 3.83. The average molecular weight is 348 g/mol. The van der Waals surface area contributed by atoms with Gasteiger partial charge in [-0.15, -0.1) is 0 Å². The van der Waals surface area contributed by atoms with Crippen LogP contribution in [-0.2, 0) is 0 Å². The molecule has 3 aromatic rings. The first-order chi connectivity index (χ1) is 12.7. The lowest BCUT2D eigenvalue weighted by atomic mass is 10.2. The quantitative estimate of drug-likeness (QED) is 0.523. The van der Waals surface area contributed by atoms with E-state index in [1.165, 1.54) is 14.2 Å². The summed E-state index contributed by atoms with van der Waals surface area (Å²) in [7, 11) is 2.99. The summed E-state index contributed by atoms with van der Waals surface area (Å²) in [4.78, 5) is 0. The molecule has 0 aliphatic heterocycles. The monoisotopic (exact) mass is 348 g/mol. The van der Waals surface area contributed by atoms with E-state index in [9.17, 15) is 5.11 Å². The van der Waals surface area contributed by atoms with Crippen molar-refractivity contribution in [3.05, 3.63) is 78.4 Å². The van der Waals surface area contributed by atoms with E-state index >= 15 is 0 Å². The minimum atomic E-state index is -0.0323. The van der Waals surface area contributed by atoms with Gasteiger partial charge >= 0.3 is 0 Å². The van der Waals surface area contributed by atoms with E-state index in [0.29, 0.717) is 11.5 Å². The summed E-state index contributed by atoms with van der Waals surface area (Å²) in [6.07, 6.45) is 1.70. The smallest absolute Gasteiger partial charge is 0.200 e. The van der Waals surface area contributed by atoms with Gasteiger partial charge in [0.15, 0.2) is 11.5 Å². The van der Waals surface area contributed by atoms with Crippen LogP contribution in [0, 0.1) is 0 Å². The highest BCUT2D eigenvalue weighted by Gasteiger charge is 2.11. The molecule has 1 N–H and O–H groups in total. The zero-order valence-corrected chi connectivity index (χ0v) is 14.7. The predicted octanol–water partition coefficient (Wildman–Crippen LogP) is 4.58. The van der Waals surface area contributed by atoms with Crippen LogP contribution in [0.25, 0.3) is 0 Å². The number of rotatable bonds is 6. The molecule has 5 heteroatoms. The fourth-order valence-corrected chi connectivity index (χ4v) is 2.53. The summed E-state index contributed by atoms with van der Waals surface area (Å²) < 4.78 is 10.4. The minimum absolute atomic E-state index is 0.0323. The Morgan fingerprint density at radius 1 is 0.808 bits per heavy atom. The van der Waals surface area contributed by atoms with Gasteiger partial charge in [0.1, 0.15) is 0 Å². The van der Waals surface area contributed by atoms with Gasteiger partial charge in [0.25, 0.3) is 0 Å². The minimum Gasteiger partial charge on any atom is -0.502 e. The second-order valence-corrected chi connectivity index (χ2v) is 5.50. The molecule has 0 spiro atoms. The normalized spacial score (nSPS) is 10.7. The van der Waals surface area contributed by atoms with Crippen molar-refractivity contribution in [3.8, 4) is 17.2 Å². The summed E-state index contributed by atoms with van der Waals surface area (Å²) in [6, 6.07) is 23.2. The highest BCUT2D eigenvalue weighted by Crippen LogP contribution is 2.36. The number of nitrogens with zero attached hydrogens (tertiary/aromatic N) is 2. The lowest BCUT2D eigenvalue weighted by molar-refractivity contribution is 0.340. The number of hydrazone groups is 1. The van der Waals surface area contributed by atoms with Crippen LogP contribution in [0.4, 0.5) is 11.4 Å². The zero-order chi connectivity index (χ0) is 18.4. The summed E-state index contributed by atoms with van der Waals surface area (Å²) in [5, 5.41) is 16.5. The van der Waals surface area contributed by atoms with Crippen molar-refractivity contribution in [2.45, 2.75) is 0 Å². The van der Waals surface area contributed by atoms with Crippen LogP contribution >= 0.6 is 0 Å². The molecular weight excluding hydrogens is 328 g/mol. The molecular formula is C21H20N2O3. The van der Waals surface area contributed by atoms with Crippen LogP contribution in [0.3, 0.4) is 0 Å². The molecule has 3 aromatic carbocycles. The Balaban J connectivity index is 2.00. The van der Waals surface area contributed by atoms with Crippen molar-refractivity contribution in [1.82, 2.24) is 0 Å². The van der Waals surface area contributed by atoms with Crippen molar-refractivity contribution in [2.24, 2.45) is 5.10 Å². The van der Waals surface area contributed by atoms with Crippen LogP contribution in [0.1, 0.15) is 5.56 Å². The zero-order valence-electron chi connectivity index (χ0n) is 14.7. The number of phenolic OH excluding ortho intramolecular Hbond substituents is 1. The van der Waals surface area contributed by atoms with E-state index in [2.05, 4.69) is 5.10 Å². The van der Waals surface area contributed by atoms with Gasteiger partial charge in [-0.05, 0) is 36.4 Å². The molecule has 0 fully saturated rings. The SMILES string of the molecule is COc1cc(/C=N/N(c2ccccc2)c2ccccc2)cc(OC)c1O. The molecule has 0 heterocycles. The standard InChI is InChI=1S/C21H20N2O3/c1-25-19-13-16(14-20(26-2)21(19)24)15-22-23(17-9-5-3-6-10-17)18-11-7-4-8-12-18/h3-15,24H,1-2H3/b22-15+. The Labute approximate surface area is 152 Å². The molecule has 0 saturated heterocycles. The first-order valence-electron chi connectivity index (χ1n) is 8.12. The van der Waals surface area contributed by atoms with Gasteiger partial charge < -0.3 is 14.6 Å². The summed E-state index contributed by atoms with van der Waals surface area (Å²) in [5.41, 5.74) is 2.62. The number of hydrogen-bond acceptors (Lipinski definition) is 5. The number of hydrogen-bond donors (Lipinski definition) is 1. The van der Waals surface area contributed by atoms with E-state index in [0.717, 1.165) is 16.9 Å². The Morgan fingerprint density at radius 3 is 1.69 bits per heavy atom. The number of methoxy groups -OCH3 is 2. The largest absolute Gasteiger partial charge is 0.502 e. The van der Waals surface area contributed by atoms with Gasteiger partial charge in [-0.2, -0.15) is 5.10 Å². The maximum Gasteiger partial charge on any atom is 0.200 e. The Hall–Kier alpha value is -3.47. The van der Waals surface area contributed by atoms with E-state index in [4.69, 9.17) is 9.47 Å². The average Bonchev–Trinajstić information content (AvgIpc) is 2.70. The van der Waals surface area contributed by atoms with E-state index in [-0.39, 0.29) is 5.75 Å². The second-order valence-electron chi connectivity index (χ2n) is 5.50. The van der Waals surface area contributed by atoms with Crippen molar-refractivity contribution in [1.29, 1.82) is 0 Å². The molecule has 0 bridgehead atoms. The highest BCUT2D eigenvalue weighted by molar-refractivity contribution is 5.84. The fraction of sp³-hybridized carbons (Fsp3) is 0.0952. The van der Waals surface area contributed by atoms with Crippen molar-refractivity contribution in [2.75, 3.05) is 19.2 Å². The number of benzene rings is 3. The molecule has 5 nitrogen and oxygen atoms in total. The molecule has 3 rings (SSSR count). The highest BCUT2D eigenvalue weighted by atomic mass is 16.5. The van der Waals surface area contributed by atoms with Gasteiger partial charge in [0.2, 0.25) is 5.75 Å². The molecule has 0 radical (unpaired) electrons. The van der Waals surface area contributed by atoms with Crippen LogP contribution < -0.4 is 14.5 Å². The molecule has 0 aliphatic carbocycles. The second kappa shape index (κ2) is 8.07. The number of anilines is 2. The molecule has 0 aliphatic rings. The van der Waals surface area contributed by atoms with Crippen molar-refractivity contribution < 1.29 is 14.6 Å². The fourth-order valence-electron chi connectivity index (χ4n) is 2.53. The van der Waals surface area contributed by atoms with Gasteiger partial charge in [-0.25, -0.2) is 5.01 Å². The third kappa shape index (κ3) is 3.78. The number of para-hydroxylation sites is 2. The van der Waals surface area contributed by atoms with E-state index in [1.807, 2.05) is 65.7 Å². The Kier molecular flexibility index (Phi) is 5.39. The predicted molar refractivity (Wildman–Crippen MR) is 104 cm³/mol. The van der Waals surface area contributed by atoms with Gasteiger partial charge in [-0.1, -0.05) is 36.4 Å². The molecule has 26 heavy (non-hydrogen) atoms. The van der Waals surface area contributed by atoms with Gasteiger partial charge in [0.05, 0.1) is 31.8 Å². The van der Waals surface area contributed by atoms with Crippen LogP contribution in [0.5, 0.6) is 17.2 Å². The van der Waals surface area contributed by atoms with Gasteiger partial charge in [-0.3, -0.25) is 0 Å². The van der Waals surface area contributed by atoms with E-state index in [1.54, 1.807) is 18.3 Å². The lowest BCUT2D eigenvalue weighted by Crippen LogP contribution is -2.09. The first kappa shape index (κ1) is 17.4. The van der Waals surface area contributed by atoms with Crippen LogP contribution in [0.2, 0.25) is 0 Å². The Bertz CT molecular complexity index is 816. The lowest BCUT2D eigenvalue weighted by Gasteiger charge is -2.19. The third-order valence-corrected chi connectivity index (χ3v) is 3.83. The van der Waals surface area contributed by atoms with Crippen molar-refractivity contribution in [3.63, 3.8) is 0 Å². The van der Waals surface area contributed by atoms with Crippen molar-refractivity contribution >= 4 is 17.6 Å². The molecule has 0 amide bonds. The molecule has 0 aromatic heterocycles. The summed E-state index contributed by atoms with van der Waals surface area (Å²) >= 11 is 0. The van der Waals surface area contributed by atoms with Crippen LogP contribution in [-0.4, -0.2) is 25.5 Å². The number of aromatic hydroxyl groups is 1. The summed E-state index contributed by atoms with van der Waals surface area (Å²) in [5.74, 6) is 0.628. The van der Waals surface area contributed by atoms with E-state index < -0.39 is 0 Å². The molecule has 0 unspecified atom stereocenters. The number of ether oxygens (including phenoxy) is 2. The summed E-state index contributed by atoms with van der Waals surface area (Å²) in [6.45, 7) is 0. The topological polar surface area (TPSA) is 54.3 Å². The molecule has 0 atom stereocenters. The molecule has 0 saturated carbocycles. The van der Waals surface area contributed by atoms with Crippen LogP contribution in [0.15, 0.2) is 77.9 Å².